The number of anilines is 1. The van der Waals surface area contributed by atoms with Crippen LogP contribution >= 0.6 is 11.3 Å². The lowest BCUT2D eigenvalue weighted by Gasteiger charge is -2.25. The van der Waals surface area contributed by atoms with Crippen LogP contribution in [0, 0.1) is 12.8 Å². The van der Waals surface area contributed by atoms with Crippen molar-refractivity contribution < 1.29 is 14.3 Å². The van der Waals surface area contributed by atoms with Crippen molar-refractivity contribution in [3.8, 4) is 0 Å². The van der Waals surface area contributed by atoms with Crippen molar-refractivity contribution >= 4 is 28.5 Å². The van der Waals surface area contributed by atoms with Crippen molar-refractivity contribution in [2.45, 2.75) is 59.6 Å². The largest absolute Gasteiger partial charge is 0.444 e. The second-order valence-electron chi connectivity index (χ2n) is 6.29. The third-order valence-electron chi connectivity index (χ3n) is 3.02. The maximum Gasteiger partial charge on any atom is 0.408 e. The molecular weight excluding hydrogens is 302 g/mol. The molecule has 0 saturated carbocycles. The summed E-state index contributed by atoms with van der Waals surface area (Å²) in [6.07, 6.45) is 0.161. The standard InChI is InChI=1S/C15H25N3O3S/c1-7-9(2)11(17-14(20)21-15(4,5)6)12(19)18-13-16-10(3)8-22-13/h8-9,11H,7H2,1-6H3,(H,17,20)(H,16,18,19)/t9?,11-/m0/s1. The highest BCUT2D eigenvalue weighted by Gasteiger charge is 2.28. The Hall–Kier alpha value is -1.63. The SMILES string of the molecule is CCC(C)[C@H](NC(=O)OC(C)(C)C)C(=O)Nc1nc(C)cs1. The fourth-order valence-electron chi connectivity index (χ4n) is 1.73. The minimum Gasteiger partial charge on any atom is -0.444 e. The average Bonchev–Trinajstić information content (AvgIpc) is 2.78. The fraction of sp³-hybridized carbons (Fsp3) is 0.667. The van der Waals surface area contributed by atoms with Gasteiger partial charge in [-0.25, -0.2) is 9.78 Å². The molecule has 7 heteroatoms. The van der Waals surface area contributed by atoms with Gasteiger partial charge >= 0.3 is 6.09 Å². The van der Waals surface area contributed by atoms with Crippen molar-refractivity contribution in [2.75, 3.05) is 5.32 Å². The molecule has 0 aliphatic rings. The molecule has 0 spiro atoms. The smallest absolute Gasteiger partial charge is 0.408 e. The van der Waals surface area contributed by atoms with E-state index in [1.54, 1.807) is 20.8 Å². The van der Waals surface area contributed by atoms with Crippen LogP contribution in [-0.4, -0.2) is 28.6 Å². The molecule has 0 aliphatic carbocycles. The summed E-state index contributed by atoms with van der Waals surface area (Å²) in [4.78, 5) is 28.5. The summed E-state index contributed by atoms with van der Waals surface area (Å²) in [7, 11) is 0. The second-order valence-corrected chi connectivity index (χ2v) is 7.15. The summed E-state index contributed by atoms with van der Waals surface area (Å²) in [5, 5.41) is 7.78. The van der Waals surface area contributed by atoms with Gasteiger partial charge in [0.25, 0.3) is 0 Å². The Balaban J connectivity index is 2.75. The molecule has 6 nitrogen and oxygen atoms in total. The Bertz CT molecular complexity index is 522. The average molecular weight is 327 g/mol. The third kappa shape index (κ3) is 6.01. The second kappa shape index (κ2) is 7.58. The van der Waals surface area contributed by atoms with Crippen molar-refractivity contribution in [1.82, 2.24) is 10.3 Å². The summed E-state index contributed by atoms with van der Waals surface area (Å²) >= 11 is 1.36. The van der Waals surface area contributed by atoms with E-state index in [1.165, 1.54) is 11.3 Å². The van der Waals surface area contributed by atoms with E-state index in [1.807, 2.05) is 26.2 Å². The Kier molecular flexibility index (Phi) is 6.34. The summed E-state index contributed by atoms with van der Waals surface area (Å²) in [6.45, 7) is 11.1. The number of nitrogens with zero attached hydrogens (tertiary/aromatic N) is 1. The zero-order valence-corrected chi connectivity index (χ0v) is 14.8. The first-order valence-electron chi connectivity index (χ1n) is 7.35. The molecule has 1 unspecified atom stereocenters. The van der Waals surface area contributed by atoms with Crippen molar-refractivity contribution in [3.05, 3.63) is 11.1 Å². The third-order valence-corrected chi connectivity index (χ3v) is 3.89. The van der Waals surface area contributed by atoms with E-state index < -0.39 is 17.7 Å². The topological polar surface area (TPSA) is 80.3 Å². The summed E-state index contributed by atoms with van der Waals surface area (Å²) in [5.74, 6) is -0.303. The van der Waals surface area contributed by atoms with Crippen LogP contribution in [0.4, 0.5) is 9.93 Å². The maximum atomic E-state index is 12.4. The zero-order valence-electron chi connectivity index (χ0n) is 14.0. The van der Waals surface area contributed by atoms with E-state index in [0.29, 0.717) is 5.13 Å². The number of hydrogen-bond donors (Lipinski definition) is 2. The van der Waals surface area contributed by atoms with Gasteiger partial charge in [-0.05, 0) is 33.6 Å². The number of hydrogen-bond acceptors (Lipinski definition) is 5. The van der Waals surface area contributed by atoms with E-state index in [0.717, 1.165) is 12.1 Å². The number of aryl methyl sites for hydroxylation is 1. The summed E-state index contributed by atoms with van der Waals surface area (Å²) in [6, 6.07) is -0.663. The number of rotatable bonds is 5. The van der Waals surface area contributed by atoms with Crippen LogP contribution in [0.2, 0.25) is 0 Å². The van der Waals surface area contributed by atoms with Crippen LogP contribution in [0.3, 0.4) is 0 Å². The van der Waals surface area contributed by atoms with Crippen LogP contribution in [0.5, 0.6) is 0 Å². The number of aromatic nitrogens is 1. The normalized spacial score (nSPS) is 14.1. The van der Waals surface area contributed by atoms with Crippen molar-refractivity contribution in [2.24, 2.45) is 5.92 Å². The van der Waals surface area contributed by atoms with Crippen LogP contribution in [0.15, 0.2) is 5.38 Å². The molecule has 1 heterocycles. The highest BCUT2D eigenvalue weighted by atomic mass is 32.1. The Morgan fingerprint density at radius 2 is 2.05 bits per heavy atom. The fourth-order valence-corrected chi connectivity index (χ4v) is 2.42. The molecule has 1 aromatic heterocycles. The molecule has 0 fully saturated rings. The molecule has 2 atom stereocenters. The first kappa shape index (κ1) is 18.4. The molecule has 2 N–H and O–H groups in total. The predicted molar refractivity (Wildman–Crippen MR) is 88.1 cm³/mol. The quantitative estimate of drug-likeness (QED) is 0.869. The number of carbonyl (C=O) groups is 2. The number of alkyl carbamates (subject to hydrolysis) is 1. The van der Waals surface area contributed by atoms with Gasteiger partial charge in [0.15, 0.2) is 5.13 Å². The van der Waals surface area contributed by atoms with Crippen LogP contribution < -0.4 is 10.6 Å². The Morgan fingerprint density at radius 3 is 2.50 bits per heavy atom. The van der Waals surface area contributed by atoms with Crippen LogP contribution in [0.25, 0.3) is 0 Å². The first-order chi connectivity index (χ1) is 10.1. The van der Waals surface area contributed by atoms with Gasteiger partial charge in [-0.2, -0.15) is 0 Å². The molecule has 22 heavy (non-hydrogen) atoms. The lowest BCUT2D eigenvalue weighted by molar-refractivity contribution is -0.119. The molecule has 1 aromatic rings. The number of amides is 2. The van der Waals surface area contributed by atoms with E-state index in [-0.39, 0.29) is 11.8 Å². The molecule has 2 amide bonds. The summed E-state index contributed by atoms with van der Waals surface area (Å²) in [5.41, 5.74) is 0.243. The van der Waals surface area contributed by atoms with Gasteiger partial charge in [0.05, 0.1) is 5.69 Å². The molecule has 0 aromatic carbocycles. The van der Waals surface area contributed by atoms with E-state index in [9.17, 15) is 9.59 Å². The van der Waals surface area contributed by atoms with Crippen molar-refractivity contribution in [1.29, 1.82) is 0 Å². The van der Waals surface area contributed by atoms with E-state index in [2.05, 4.69) is 15.6 Å². The monoisotopic (exact) mass is 327 g/mol. The molecule has 0 bridgehead atoms. The van der Waals surface area contributed by atoms with Crippen LogP contribution in [0.1, 0.15) is 46.7 Å². The lowest BCUT2D eigenvalue weighted by atomic mass is 9.98. The number of carbonyl (C=O) groups excluding carboxylic acids is 2. The van der Waals surface area contributed by atoms with Crippen molar-refractivity contribution in [3.63, 3.8) is 0 Å². The van der Waals surface area contributed by atoms with Gasteiger partial charge < -0.3 is 15.4 Å². The Labute approximate surface area is 135 Å². The predicted octanol–water partition coefficient (Wildman–Crippen LogP) is 3.33. The molecule has 1 rings (SSSR count). The van der Waals surface area contributed by atoms with Gasteiger partial charge in [-0.3, -0.25) is 4.79 Å². The van der Waals surface area contributed by atoms with Crippen LogP contribution in [-0.2, 0) is 9.53 Å². The highest BCUT2D eigenvalue weighted by Crippen LogP contribution is 2.17. The highest BCUT2D eigenvalue weighted by molar-refractivity contribution is 7.13. The van der Waals surface area contributed by atoms with Gasteiger partial charge in [0, 0.05) is 5.38 Å². The first-order valence-corrected chi connectivity index (χ1v) is 8.23. The molecular formula is C15H25N3O3S. The number of nitrogens with one attached hydrogen (secondary N) is 2. The molecule has 124 valence electrons. The Morgan fingerprint density at radius 1 is 1.41 bits per heavy atom. The summed E-state index contributed by atoms with van der Waals surface area (Å²) < 4.78 is 5.22. The van der Waals surface area contributed by atoms with E-state index in [4.69, 9.17) is 4.74 Å². The van der Waals surface area contributed by atoms with Gasteiger partial charge in [-0.1, -0.05) is 20.3 Å². The minimum absolute atomic E-state index is 0.0198. The van der Waals surface area contributed by atoms with Gasteiger partial charge in [0.1, 0.15) is 11.6 Å². The minimum atomic E-state index is -0.663. The maximum absolute atomic E-state index is 12.4. The zero-order chi connectivity index (χ0) is 16.9. The molecule has 0 aliphatic heterocycles. The number of ether oxygens (including phenoxy) is 1. The molecule has 0 radical (unpaired) electrons. The lowest BCUT2D eigenvalue weighted by Crippen LogP contribution is -2.49. The van der Waals surface area contributed by atoms with Gasteiger partial charge in [0.2, 0.25) is 5.91 Å². The van der Waals surface area contributed by atoms with E-state index >= 15 is 0 Å². The van der Waals surface area contributed by atoms with Gasteiger partial charge in [-0.15, -0.1) is 11.3 Å². The molecule has 0 saturated heterocycles. The number of thiazole rings is 1.